The third kappa shape index (κ3) is 9.07. The normalized spacial score (nSPS) is 14.2. The van der Waals surface area contributed by atoms with E-state index in [1.807, 2.05) is 128 Å². The standard InChI is InChI=1S/C62H49F3N2O6/c1-39-24-25-40(33-55(39)72-37-52(42-16-8-4-9-17-42)43-18-10-5-11-19-43)32-41-26-31-54(56(34-41)73-38-53(44-20-12-6-13-21-44)45-22-14-7-15-23-45)67-59(70)49-30-28-47(36-51(49)60(67)71)61(2,62(63,64)65)46-27-29-48-50(35-46)58(69)66(3)57(48)68/h4-31,33-36,52-53H,32,37-38H2,1-3H3. The molecule has 2 aliphatic heterocycles. The molecule has 8 aromatic carbocycles. The molecule has 2 heterocycles. The van der Waals surface area contributed by atoms with E-state index in [1.165, 1.54) is 31.3 Å². The molecule has 0 spiro atoms. The highest BCUT2D eigenvalue weighted by molar-refractivity contribution is 6.35. The average Bonchev–Trinajstić information content (AvgIpc) is 3.79. The van der Waals surface area contributed by atoms with Crippen LogP contribution >= 0.6 is 0 Å². The molecule has 10 rings (SSSR count). The summed E-state index contributed by atoms with van der Waals surface area (Å²) in [4.78, 5) is 56.5. The van der Waals surface area contributed by atoms with E-state index in [2.05, 4.69) is 24.3 Å². The average molecular weight is 975 g/mol. The molecule has 0 saturated heterocycles. The van der Waals surface area contributed by atoms with Gasteiger partial charge >= 0.3 is 6.18 Å². The number of aryl methyl sites for hydroxylation is 1. The van der Waals surface area contributed by atoms with Crippen LogP contribution < -0.4 is 14.4 Å². The number of rotatable bonds is 15. The third-order valence-electron chi connectivity index (χ3n) is 14.2. The molecule has 0 aromatic heterocycles. The summed E-state index contributed by atoms with van der Waals surface area (Å²) >= 11 is 0. The van der Waals surface area contributed by atoms with Crippen molar-refractivity contribution in [3.05, 3.63) is 266 Å². The van der Waals surface area contributed by atoms with Gasteiger partial charge < -0.3 is 9.47 Å². The summed E-state index contributed by atoms with van der Waals surface area (Å²) < 4.78 is 59.8. The van der Waals surface area contributed by atoms with Gasteiger partial charge in [-0.25, -0.2) is 4.90 Å². The van der Waals surface area contributed by atoms with Crippen molar-refractivity contribution in [3.63, 3.8) is 0 Å². The van der Waals surface area contributed by atoms with Crippen LogP contribution in [0.3, 0.4) is 0 Å². The summed E-state index contributed by atoms with van der Waals surface area (Å²) in [5, 5.41) is 0. The van der Waals surface area contributed by atoms with Crippen molar-refractivity contribution in [1.29, 1.82) is 0 Å². The lowest BCUT2D eigenvalue weighted by Gasteiger charge is -2.33. The lowest BCUT2D eigenvalue weighted by Crippen LogP contribution is -2.41. The van der Waals surface area contributed by atoms with Crippen molar-refractivity contribution in [2.75, 3.05) is 25.2 Å². The lowest BCUT2D eigenvalue weighted by atomic mass is 9.74. The Kier molecular flexibility index (Phi) is 12.9. The van der Waals surface area contributed by atoms with Crippen LogP contribution in [-0.2, 0) is 11.8 Å². The van der Waals surface area contributed by atoms with Crippen molar-refractivity contribution in [2.45, 2.75) is 43.7 Å². The zero-order valence-corrected chi connectivity index (χ0v) is 40.2. The van der Waals surface area contributed by atoms with Gasteiger partial charge in [0.25, 0.3) is 23.6 Å². The second kappa shape index (κ2) is 19.6. The highest BCUT2D eigenvalue weighted by atomic mass is 19.4. The highest BCUT2D eigenvalue weighted by Crippen LogP contribution is 2.48. The maximum absolute atomic E-state index is 15.5. The predicted molar refractivity (Wildman–Crippen MR) is 274 cm³/mol. The van der Waals surface area contributed by atoms with Gasteiger partial charge in [0.1, 0.15) is 16.9 Å². The van der Waals surface area contributed by atoms with Crippen LogP contribution in [0.2, 0.25) is 0 Å². The minimum Gasteiger partial charge on any atom is -0.492 e. The summed E-state index contributed by atoms with van der Waals surface area (Å²) in [6, 6.07) is 58.5. The fourth-order valence-electron chi connectivity index (χ4n) is 9.91. The SMILES string of the molecule is Cc1ccc(Cc2ccc(N3C(=O)c4ccc(C(C)(c5ccc6c(c5)C(=O)N(C)C6=O)C(F)(F)F)cc4C3=O)c(OCC(c3ccccc3)c3ccccc3)c2)cc1OCC(c1ccccc1)c1ccccc1. The van der Waals surface area contributed by atoms with E-state index in [4.69, 9.17) is 9.47 Å². The number of hydrogen-bond donors (Lipinski definition) is 0. The number of amides is 4. The van der Waals surface area contributed by atoms with Crippen LogP contribution in [0.1, 0.15) is 110 Å². The van der Waals surface area contributed by atoms with Crippen LogP contribution in [0.5, 0.6) is 11.5 Å². The molecule has 1 atom stereocenters. The van der Waals surface area contributed by atoms with Crippen molar-refractivity contribution in [1.82, 2.24) is 4.90 Å². The molecule has 4 amide bonds. The number of imide groups is 2. The number of fused-ring (bicyclic) bond motifs is 2. The van der Waals surface area contributed by atoms with Gasteiger partial charge in [0.05, 0.1) is 41.2 Å². The number of ether oxygens (including phenoxy) is 2. The molecule has 0 fully saturated rings. The minimum atomic E-state index is -4.94. The van der Waals surface area contributed by atoms with E-state index in [0.29, 0.717) is 13.0 Å². The van der Waals surface area contributed by atoms with Crippen molar-refractivity contribution < 1.29 is 41.8 Å². The fraction of sp³-hybridized carbons (Fsp3) is 0.161. The van der Waals surface area contributed by atoms with E-state index in [0.717, 1.165) is 73.5 Å². The first kappa shape index (κ1) is 48.1. The largest absolute Gasteiger partial charge is 0.492 e. The number of benzene rings is 8. The van der Waals surface area contributed by atoms with E-state index >= 15 is 13.2 Å². The predicted octanol–water partition coefficient (Wildman–Crippen LogP) is 12.9. The van der Waals surface area contributed by atoms with Crippen LogP contribution in [0.25, 0.3) is 0 Å². The maximum Gasteiger partial charge on any atom is 0.402 e. The summed E-state index contributed by atoms with van der Waals surface area (Å²) in [5.74, 6) is -2.20. The highest BCUT2D eigenvalue weighted by Gasteiger charge is 2.55. The Morgan fingerprint density at radius 2 is 0.863 bits per heavy atom. The Morgan fingerprint density at radius 1 is 0.466 bits per heavy atom. The first-order chi connectivity index (χ1) is 35.2. The van der Waals surface area contributed by atoms with Crippen LogP contribution in [0, 0.1) is 6.92 Å². The zero-order valence-electron chi connectivity index (χ0n) is 40.2. The molecule has 0 N–H and O–H groups in total. The first-order valence-corrected chi connectivity index (χ1v) is 24.0. The summed E-state index contributed by atoms with van der Waals surface area (Å²) in [6.45, 7) is 3.47. The van der Waals surface area contributed by atoms with E-state index in [1.54, 1.807) is 12.1 Å². The summed E-state index contributed by atoms with van der Waals surface area (Å²) in [5.41, 5.74) is 3.21. The van der Waals surface area contributed by atoms with Gasteiger partial charge in [0.2, 0.25) is 0 Å². The second-order valence-corrected chi connectivity index (χ2v) is 18.7. The van der Waals surface area contributed by atoms with Crippen molar-refractivity contribution >= 4 is 29.3 Å². The third-order valence-corrected chi connectivity index (χ3v) is 14.2. The Hall–Kier alpha value is -8.57. The van der Waals surface area contributed by atoms with Crippen molar-refractivity contribution in [2.24, 2.45) is 0 Å². The van der Waals surface area contributed by atoms with Gasteiger partial charge in [-0.1, -0.05) is 152 Å². The Labute approximate surface area is 421 Å². The van der Waals surface area contributed by atoms with E-state index in [-0.39, 0.29) is 63.3 Å². The van der Waals surface area contributed by atoms with E-state index < -0.39 is 35.2 Å². The zero-order chi connectivity index (χ0) is 51.0. The maximum atomic E-state index is 15.5. The molecule has 0 bridgehead atoms. The number of alkyl halides is 3. The van der Waals surface area contributed by atoms with Crippen LogP contribution in [0.15, 0.2) is 194 Å². The molecule has 73 heavy (non-hydrogen) atoms. The van der Waals surface area contributed by atoms with Gasteiger partial charge in [-0.3, -0.25) is 24.1 Å². The lowest BCUT2D eigenvalue weighted by molar-refractivity contribution is -0.173. The smallest absolute Gasteiger partial charge is 0.402 e. The Bertz CT molecular complexity index is 3320. The Balaban J connectivity index is 0.989. The molecule has 8 aromatic rings. The number of anilines is 1. The molecule has 0 saturated carbocycles. The number of halogens is 3. The summed E-state index contributed by atoms with van der Waals surface area (Å²) in [6.07, 6.45) is -4.52. The number of carbonyl (C=O) groups is 4. The molecule has 1 unspecified atom stereocenters. The molecule has 364 valence electrons. The van der Waals surface area contributed by atoms with Gasteiger partial charge in [-0.2, -0.15) is 13.2 Å². The number of carbonyl (C=O) groups excluding carboxylic acids is 4. The molecule has 8 nitrogen and oxygen atoms in total. The monoisotopic (exact) mass is 974 g/mol. The van der Waals surface area contributed by atoms with Gasteiger partial charge in [0, 0.05) is 18.9 Å². The van der Waals surface area contributed by atoms with Gasteiger partial charge in [-0.05, 0) is 113 Å². The molecule has 0 radical (unpaired) electrons. The van der Waals surface area contributed by atoms with Gasteiger partial charge in [0.15, 0.2) is 0 Å². The van der Waals surface area contributed by atoms with Crippen molar-refractivity contribution in [3.8, 4) is 11.5 Å². The number of hydrogen-bond acceptors (Lipinski definition) is 6. The first-order valence-electron chi connectivity index (χ1n) is 24.0. The molecular formula is C62H49F3N2O6. The van der Waals surface area contributed by atoms with E-state index in [9.17, 15) is 19.2 Å². The van der Waals surface area contributed by atoms with Crippen LogP contribution in [0.4, 0.5) is 18.9 Å². The minimum absolute atomic E-state index is 0.00146. The molecule has 0 aliphatic carbocycles. The number of nitrogens with zero attached hydrogens (tertiary/aromatic N) is 2. The van der Waals surface area contributed by atoms with Crippen LogP contribution in [-0.4, -0.2) is 55.0 Å². The Morgan fingerprint density at radius 3 is 1.34 bits per heavy atom. The fourth-order valence-corrected chi connectivity index (χ4v) is 9.91. The molecule has 11 heteroatoms. The molecule has 2 aliphatic rings. The van der Waals surface area contributed by atoms with Gasteiger partial charge in [-0.15, -0.1) is 0 Å². The topological polar surface area (TPSA) is 93.2 Å². The molecular weight excluding hydrogens is 926 g/mol. The second-order valence-electron chi connectivity index (χ2n) is 18.7. The quantitative estimate of drug-likeness (QED) is 0.0950. The summed E-state index contributed by atoms with van der Waals surface area (Å²) in [7, 11) is 1.27.